The number of benzene rings is 3. The van der Waals surface area contributed by atoms with Gasteiger partial charge in [0.2, 0.25) is 17.7 Å². The molecule has 2 fully saturated rings. The maximum absolute atomic E-state index is 13.8. The van der Waals surface area contributed by atoms with Crippen LogP contribution in [0.3, 0.4) is 0 Å². The average Bonchev–Trinajstić information content (AvgIpc) is 3.27. The molecule has 0 radical (unpaired) electrons. The third-order valence-corrected chi connectivity index (χ3v) is 6.77. The Hall–Kier alpha value is -4.24. The number of nitrogens with zero attached hydrogens (tertiary/aromatic N) is 1. The third-order valence-electron chi connectivity index (χ3n) is 6.77. The van der Waals surface area contributed by atoms with Gasteiger partial charge in [-0.1, -0.05) is 54.6 Å². The molecule has 9 nitrogen and oxygen atoms in total. The minimum Gasteiger partial charge on any atom is -0.508 e. The summed E-state index contributed by atoms with van der Waals surface area (Å²) in [6.07, 6.45) is -0.698. The van der Waals surface area contributed by atoms with E-state index in [-0.39, 0.29) is 11.3 Å². The van der Waals surface area contributed by atoms with Crippen molar-refractivity contribution in [3.63, 3.8) is 0 Å². The van der Waals surface area contributed by atoms with Crippen molar-refractivity contribution in [2.24, 2.45) is 17.6 Å². The summed E-state index contributed by atoms with van der Waals surface area (Å²) >= 11 is 0. The number of phenols is 1. The third kappa shape index (κ3) is 2.97. The Morgan fingerprint density at radius 3 is 2.35 bits per heavy atom. The lowest BCUT2D eigenvalue weighted by molar-refractivity contribution is -0.150. The minimum absolute atomic E-state index is 0.164. The number of nitrogens with one attached hydrogen (secondary N) is 1. The SMILES string of the molecule is NC(=O)C[C@]1(C(=O)O)N[C@H](c2ccccc2O)[C@@H]2C(=O)N(c3cccc4ccccc34)C(=O)[C@H]21. The number of phenolic OH excluding ortho intramolecular Hbond substituents is 1. The molecule has 0 saturated carbocycles. The summed E-state index contributed by atoms with van der Waals surface area (Å²) < 4.78 is 0. The highest BCUT2D eigenvalue weighted by Gasteiger charge is 2.69. The summed E-state index contributed by atoms with van der Waals surface area (Å²) in [5, 5.41) is 25.0. The van der Waals surface area contributed by atoms with Gasteiger partial charge in [-0.15, -0.1) is 0 Å². The smallest absolute Gasteiger partial charge is 0.325 e. The van der Waals surface area contributed by atoms with Crippen molar-refractivity contribution in [2.45, 2.75) is 18.0 Å². The second kappa shape index (κ2) is 7.67. The van der Waals surface area contributed by atoms with Crippen LogP contribution in [0.4, 0.5) is 5.69 Å². The molecule has 2 aliphatic heterocycles. The summed E-state index contributed by atoms with van der Waals surface area (Å²) in [5.41, 5.74) is 3.86. The van der Waals surface area contributed by atoms with Gasteiger partial charge in [0, 0.05) is 17.0 Å². The molecule has 0 unspecified atom stereocenters. The van der Waals surface area contributed by atoms with Crippen LogP contribution in [0.5, 0.6) is 5.75 Å². The number of hydrogen-bond donors (Lipinski definition) is 4. The number of carbonyl (C=O) groups is 4. The van der Waals surface area contributed by atoms with Crippen LogP contribution in [-0.4, -0.2) is 39.4 Å². The monoisotopic (exact) mass is 459 g/mol. The fourth-order valence-corrected chi connectivity index (χ4v) is 5.37. The lowest BCUT2D eigenvalue weighted by Gasteiger charge is -2.30. The molecule has 172 valence electrons. The first-order chi connectivity index (χ1) is 16.3. The highest BCUT2D eigenvalue weighted by atomic mass is 16.4. The van der Waals surface area contributed by atoms with Gasteiger partial charge < -0.3 is 15.9 Å². The molecule has 3 amide bonds. The van der Waals surface area contributed by atoms with Gasteiger partial charge in [0.1, 0.15) is 11.3 Å². The van der Waals surface area contributed by atoms with Crippen LogP contribution in [0, 0.1) is 11.8 Å². The van der Waals surface area contributed by atoms with E-state index in [2.05, 4.69) is 5.32 Å². The number of hydrogen-bond acceptors (Lipinski definition) is 6. The van der Waals surface area contributed by atoms with E-state index in [1.54, 1.807) is 42.5 Å². The normalized spacial score (nSPS) is 26.1. The number of imide groups is 1. The Kier molecular flexibility index (Phi) is 4.87. The number of fused-ring (bicyclic) bond motifs is 2. The number of carbonyl (C=O) groups excluding carboxylic acids is 3. The van der Waals surface area contributed by atoms with E-state index in [1.807, 2.05) is 18.2 Å². The number of aromatic hydroxyl groups is 1. The maximum atomic E-state index is 13.8. The Balaban J connectivity index is 1.72. The Morgan fingerprint density at radius 1 is 0.971 bits per heavy atom. The van der Waals surface area contributed by atoms with Gasteiger partial charge >= 0.3 is 5.97 Å². The van der Waals surface area contributed by atoms with Crippen LogP contribution < -0.4 is 16.0 Å². The molecule has 3 aromatic carbocycles. The van der Waals surface area contributed by atoms with Crippen LogP contribution in [0.1, 0.15) is 18.0 Å². The van der Waals surface area contributed by atoms with Crippen molar-refractivity contribution in [3.05, 3.63) is 72.3 Å². The van der Waals surface area contributed by atoms with Crippen LogP contribution in [-0.2, 0) is 19.2 Å². The lowest BCUT2D eigenvalue weighted by Crippen LogP contribution is -2.57. The van der Waals surface area contributed by atoms with Gasteiger partial charge in [-0.2, -0.15) is 0 Å². The molecule has 0 aromatic heterocycles. The molecule has 4 atom stereocenters. The molecular weight excluding hydrogens is 438 g/mol. The Morgan fingerprint density at radius 2 is 1.65 bits per heavy atom. The van der Waals surface area contributed by atoms with E-state index in [1.165, 1.54) is 6.07 Å². The van der Waals surface area contributed by atoms with Crippen LogP contribution in [0.2, 0.25) is 0 Å². The number of nitrogens with two attached hydrogens (primary N) is 1. The molecule has 3 aromatic rings. The molecule has 2 saturated heterocycles. The standard InChI is InChI=1S/C25H21N3O6/c26-18(30)12-25(24(33)34)20-19(21(27-25)15-9-3-4-11-17(15)29)22(31)28(23(20)32)16-10-5-7-13-6-1-2-8-14(13)16/h1-11,19-21,27,29H,12H2,(H2,26,30)(H,33,34)/t19-,20+,21-,25+/m1/s1. The predicted octanol–water partition coefficient (Wildman–Crippen LogP) is 1.69. The molecule has 0 bridgehead atoms. The Labute approximate surface area is 193 Å². The first kappa shape index (κ1) is 21.6. The fraction of sp³-hybridized carbons (Fsp3) is 0.200. The Bertz CT molecular complexity index is 1370. The van der Waals surface area contributed by atoms with Gasteiger partial charge in [-0.3, -0.25) is 24.5 Å². The molecule has 5 rings (SSSR count). The summed E-state index contributed by atoms with van der Waals surface area (Å²) in [4.78, 5) is 53.1. The summed E-state index contributed by atoms with van der Waals surface area (Å²) in [6.45, 7) is 0. The van der Waals surface area contributed by atoms with E-state index in [9.17, 15) is 29.4 Å². The largest absolute Gasteiger partial charge is 0.508 e. The highest BCUT2D eigenvalue weighted by Crippen LogP contribution is 2.52. The van der Waals surface area contributed by atoms with Gasteiger partial charge in [0.25, 0.3) is 0 Å². The van der Waals surface area contributed by atoms with Crippen molar-refractivity contribution in [1.29, 1.82) is 0 Å². The second-order valence-corrected chi connectivity index (χ2v) is 8.61. The zero-order valence-corrected chi connectivity index (χ0v) is 17.8. The van der Waals surface area contributed by atoms with E-state index in [0.29, 0.717) is 11.1 Å². The predicted molar refractivity (Wildman–Crippen MR) is 122 cm³/mol. The van der Waals surface area contributed by atoms with Crippen molar-refractivity contribution in [2.75, 3.05) is 4.90 Å². The lowest BCUT2D eigenvalue weighted by atomic mass is 9.77. The molecule has 0 spiro atoms. The maximum Gasteiger partial charge on any atom is 0.325 e. The van der Waals surface area contributed by atoms with E-state index >= 15 is 0 Å². The fourth-order valence-electron chi connectivity index (χ4n) is 5.37. The van der Waals surface area contributed by atoms with E-state index < -0.39 is 53.5 Å². The number of carboxylic acid groups (broad SMARTS) is 1. The number of rotatable bonds is 5. The van der Waals surface area contributed by atoms with Gasteiger partial charge in [0.15, 0.2) is 0 Å². The van der Waals surface area contributed by atoms with E-state index in [4.69, 9.17) is 5.73 Å². The number of aliphatic carboxylic acids is 1. The average molecular weight is 459 g/mol. The number of para-hydroxylation sites is 1. The summed E-state index contributed by atoms with van der Waals surface area (Å²) in [7, 11) is 0. The first-order valence-electron chi connectivity index (χ1n) is 10.7. The molecular formula is C25H21N3O6. The van der Waals surface area contributed by atoms with Crippen molar-refractivity contribution >= 4 is 40.2 Å². The summed E-state index contributed by atoms with van der Waals surface area (Å²) in [5.74, 6) is -6.50. The topological polar surface area (TPSA) is 150 Å². The van der Waals surface area contributed by atoms with Gasteiger partial charge in [0.05, 0.1) is 23.9 Å². The number of amides is 3. The zero-order valence-electron chi connectivity index (χ0n) is 17.8. The number of anilines is 1. The van der Waals surface area contributed by atoms with Crippen LogP contribution in [0.15, 0.2) is 66.7 Å². The van der Waals surface area contributed by atoms with Crippen molar-refractivity contribution in [1.82, 2.24) is 5.32 Å². The second-order valence-electron chi connectivity index (χ2n) is 8.61. The van der Waals surface area contributed by atoms with Crippen molar-refractivity contribution < 1.29 is 29.4 Å². The number of carboxylic acids is 1. The quantitative estimate of drug-likeness (QED) is 0.424. The molecule has 0 aliphatic carbocycles. The van der Waals surface area contributed by atoms with Crippen molar-refractivity contribution in [3.8, 4) is 5.75 Å². The molecule has 34 heavy (non-hydrogen) atoms. The first-order valence-corrected chi connectivity index (χ1v) is 10.7. The summed E-state index contributed by atoms with van der Waals surface area (Å²) in [6, 6.07) is 17.5. The zero-order chi connectivity index (χ0) is 24.2. The molecule has 9 heteroatoms. The van der Waals surface area contributed by atoms with Gasteiger partial charge in [-0.25, -0.2) is 4.90 Å². The molecule has 2 aliphatic rings. The van der Waals surface area contributed by atoms with Crippen LogP contribution >= 0.6 is 0 Å². The van der Waals surface area contributed by atoms with Gasteiger partial charge in [-0.05, 0) is 17.5 Å². The van der Waals surface area contributed by atoms with Crippen LogP contribution in [0.25, 0.3) is 10.8 Å². The van der Waals surface area contributed by atoms with E-state index in [0.717, 1.165) is 10.3 Å². The minimum atomic E-state index is -2.12. The molecule has 5 N–H and O–H groups in total. The highest BCUT2D eigenvalue weighted by molar-refractivity contribution is 6.27. The number of primary amides is 1. The molecule has 2 heterocycles.